The molecule has 1 aromatic carbocycles. The Morgan fingerprint density at radius 1 is 1.33 bits per heavy atom. The van der Waals surface area contributed by atoms with Gasteiger partial charge in [-0.25, -0.2) is 5.84 Å². The largest absolute Gasteiger partial charge is 0.304 e. The molecular formula is C19H25ClN6O3S. The molecule has 0 radical (unpaired) electrons. The van der Waals surface area contributed by atoms with Crippen LogP contribution in [0, 0.1) is 0 Å². The highest BCUT2D eigenvalue weighted by molar-refractivity contribution is 7.90. The summed E-state index contributed by atoms with van der Waals surface area (Å²) in [6.45, 7) is 3.41. The highest BCUT2D eigenvalue weighted by Crippen LogP contribution is 2.27. The zero-order chi connectivity index (χ0) is 21.9. The number of nitrogens with zero attached hydrogens (tertiary/aromatic N) is 4. The van der Waals surface area contributed by atoms with Gasteiger partial charge in [0.05, 0.1) is 23.5 Å². The van der Waals surface area contributed by atoms with Crippen LogP contribution >= 0.6 is 11.6 Å². The van der Waals surface area contributed by atoms with Crippen molar-refractivity contribution in [1.82, 2.24) is 19.6 Å². The molecule has 9 nitrogen and oxygen atoms in total. The molecule has 30 heavy (non-hydrogen) atoms. The van der Waals surface area contributed by atoms with Crippen molar-refractivity contribution in [3.8, 4) is 0 Å². The van der Waals surface area contributed by atoms with Crippen molar-refractivity contribution in [2.24, 2.45) is 5.84 Å². The van der Waals surface area contributed by atoms with Crippen LogP contribution < -0.4 is 15.6 Å². The molecule has 1 aliphatic rings. The molecule has 0 aliphatic carbocycles. The molecule has 2 aromatic rings. The second kappa shape index (κ2) is 9.27. The maximum atomic E-state index is 13.6. The fourth-order valence-corrected chi connectivity index (χ4v) is 5.04. The number of carbonyl (C=O) groups excluding carboxylic acids is 1. The molecule has 0 bridgehead atoms. The van der Waals surface area contributed by atoms with Crippen LogP contribution in [0.25, 0.3) is 0 Å². The number of amides is 1. The van der Waals surface area contributed by atoms with Gasteiger partial charge in [0, 0.05) is 36.9 Å². The molecule has 0 unspecified atom stereocenters. The van der Waals surface area contributed by atoms with Crippen LogP contribution in [0.15, 0.2) is 42.6 Å². The summed E-state index contributed by atoms with van der Waals surface area (Å²) in [6, 6.07) is 9.94. The zero-order valence-electron chi connectivity index (χ0n) is 16.8. The van der Waals surface area contributed by atoms with E-state index in [1.54, 1.807) is 36.4 Å². The van der Waals surface area contributed by atoms with Crippen LogP contribution in [0.4, 0.5) is 5.69 Å². The van der Waals surface area contributed by atoms with Crippen molar-refractivity contribution in [1.29, 1.82) is 0 Å². The third-order valence-corrected chi connectivity index (χ3v) is 7.26. The predicted molar refractivity (Wildman–Crippen MR) is 116 cm³/mol. The molecule has 1 aliphatic heterocycles. The Morgan fingerprint density at radius 3 is 2.70 bits per heavy atom. The number of nitrogen functional groups attached to an aromatic ring is 1. The lowest BCUT2D eigenvalue weighted by Gasteiger charge is -2.39. The first-order valence-corrected chi connectivity index (χ1v) is 11.2. The van der Waals surface area contributed by atoms with Crippen LogP contribution in [-0.2, 0) is 16.8 Å². The molecule has 1 fully saturated rings. The number of anilines is 1. The predicted octanol–water partition coefficient (Wildman–Crippen LogP) is 1.23. The fraction of sp³-hybridized carbons (Fsp3) is 0.368. The van der Waals surface area contributed by atoms with E-state index in [-0.39, 0.29) is 18.2 Å². The molecule has 1 saturated heterocycles. The lowest BCUT2D eigenvalue weighted by atomic mass is 10.2. The molecule has 3 N–H and O–H groups in total. The summed E-state index contributed by atoms with van der Waals surface area (Å²) in [5.74, 6) is 4.66. The SMILES string of the molecule is C[C@H]1CN(S(=O)(=O)N(Cc2ccc(C(=O)NN)cn2)c2cccc(Cl)c2)CCN1C. The van der Waals surface area contributed by atoms with E-state index < -0.39 is 16.1 Å². The monoisotopic (exact) mass is 452 g/mol. The Morgan fingerprint density at radius 2 is 2.10 bits per heavy atom. The average Bonchev–Trinajstić information content (AvgIpc) is 2.73. The van der Waals surface area contributed by atoms with Gasteiger partial charge in [-0.1, -0.05) is 17.7 Å². The zero-order valence-corrected chi connectivity index (χ0v) is 18.4. The van der Waals surface area contributed by atoms with Crippen LogP contribution in [0.3, 0.4) is 0 Å². The fourth-order valence-electron chi connectivity index (χ4n) is 3.18. The maximum Gasteiger partial charge on any atom is 0.304 e. The van der Waals surface area contributed by atoms with E-state index in [4.69, 9.17) is 17.4 Å². The summed E-state index contributed by atoms with van der Waals surface area (Å²) in [4.78, 5) is 18.0. The number of hydrazine groups is 1. The van der Waals surface area contributed by atoms with Crippen molar-refractivity contribution in [2.75, 3.05) is 31.0 Å². The van der Waals surface area contributed by atoms with Gasteiger partial charge in [-0.3, -0.25) is 19.5 Å². The van der Waals surface area contributed by atoms with Crippen LogP contribution in [0.2, 0.25) is 5.02 Å². The van der Waals surface area contributed by atoms with Crippen molar-refractivity contribution < 1.29 is 13.2 Å². The number of hydrogen-bond donors (Lipinski definition) is 2. The van der Waals surface area contributed by atoms with E-state index in [2.05, 4.69) is 9.88 Å². The quantitative estimate of drug-likeness (QED) is 0.387. The van der Waals surface area contributed by atoms with E-state index in [1.807, 2.05) is 19.4 Å². The molecule has 0 spiro atoms. The normalized spacial score (nSPS) is 18.2. The lowest BCUT2D eigenvalue weighted by molar-refractivity contribution is 0.0953. The second-order valence-corrected chi connectivity index (χ2v) is 9.48. The third-order valence-electron chi connectivity index (χ3n) is 5.15. The van der Waals surface area contributed by atoms with Gasteiger partial charge in [0.2, 0.25) is 0 Å². The number of hydrogen-bond acceptors (Lipinski definition) is 6. The van der Waals surface area contributed by atoms with E-state index >= 15 is 0 Å². The van der Waals surface area contributed by atoms with Gasteiger partial charge >= 0.3 is 10.2 Å². The highest BCUT2D eigenvalue weighted by Gasteiger charge is 2.34. The van der Waals surface area contributed by atoms with E-state index in [9.17, 15) is 13.2 Å². The van der Waals surface area contributed by atoms with Gasteiger partial charge in [-0.05, 0) is 44.3 Å². The first kappa shape index (κ1) is 22.4. The topological polar surface area (TPSA) is 112 Å². The van der Waals surface area contributed by atoms with Crippen molar-refractivity contribution in [2.45, 2.75) is 19.5 Å². The summed E-state index contributed by atoms with van der Waals surface area (Å²) in [7, 11) is -1.86. The Balaban J connectivity index is 1.94. The number of piperazine rings is 1. The van der Waals surface area contributed by atoms with Gasteiger partial charge in [-0.15, -0.1) is 0 Å². The molecule has 2 heterocycles. The van der Waals surface area contributed by atoms with Gasteiger partial charge < -0.3 is 4.90 Å². The lowest BCUT2D eigenvalue weighted by Crippen LogP contribution is -2.55. The van der Waals surface area contributed by atoms with Crippen LogP contribution in [0.5, 0.6) is 0 Å². The van der Waals surface area contributed by atoms with Gasteiger partial charge in [0.15, 0.2) is 0 Å². The first-order chi connectivity index (χ1) is 14.2. The number of halogens is 1. The van der Waals surface area contributed by atoms with E-state index in [0.29, 0.717) is 36.0 Å². The summed E-state index contributed by atoms with van der Waals surface area (Å²) < 4.78 is 29.9. The summed E-state index contributed by atoms with van der Waals surface area (Å²) in [6.07, 6.45) is 1.36. The Kier molecular flexibility index (Phi) is 6.94. The number of aromatic nitrogens is 1. The Labute approximate surface area is 181 Å². The molecule has 1 aromatic heterocycles. The minimum atomic E-state index is -3.84. The second-order valence-electron chi connectivity index (χ2n) is 7.19. The van der Waals surface area contributed by atoms with Gasteiger partial charge in [-0.2, -0.15) is 12.7 Å². The number of nitrogens with one attached hydrogen (secondary N) is 1. The molecule has 1 amide bonds. The average molecular weight is 453 g/mol. The smallest absolute Gasteiger partial charge is 0.301 e. The number of likely N-dealkylation sites (N-methyl/N-ethyl adjacent to an activating group) is 1. The van der Waals surface area contributed by atoms with Crippen LogP contribution in [0.1, 0.15) is 23.0 Å². The molecule has 1 atom stereocenters. The summed E-state index contributed by atoms with van der Waals surface area (Å²) in [5.41, 5.74) is 3.25. The maximum absolute atomic E-state index is 13.6. The van der Waals surface area contributed by atoms with Gasteiger partial charge in [0.1, 0.15) is 0 Å². The summed E-state index contributed by atoms with van der Waals surface area (Å²) >= 11 is 6.13. The van der Waals surface area contributed by atoms with E-state index in [0.717, 1.165) is 0 Å². The Hall–Kier alpha value is -2.24. The van der Waals surface area contributed by atoms with Crippen molar-refractivity contribution >= 4 is 33.4 Å². The van der Waals surface area contributed by atoms with Crippen LogP contribution in [-0.4, -0.2) is 61.2 Å². The molecule has 3 rings (SSSR count). The van der Waals surface area contributed by atoms with Crippen molar-refractivity contribution in [3.63, 3.8) is 0 Å². The van der Waals surface area contributed by atoms with Crippen molar-refractivity contribution in [3.05, 3.63) is 58.9 Å². The number of nitrogens with two attached hydrogens (primary N) is 1. The molecule has 11 heteroatoms. The number of rotatable bonds is 6. The third kappa shape index (κ3) is 4.90. The van der Waals surface area contributed by atoms with Gasteiger partial charge in [0.25, 0.3) is 5.91 Å². The minimum Gasteiger partial charge on any atom is -0.301 e. The highest BCUT2D eigenvalue weighted by atomic mass is 35.5. The standard InChI is InChI=1S/C19H25ClN6O3S/c1-14-12-25(9-8-24(14)2)30(28,29)26(18-5-3-4-16(20)10-18)13-17-7-6-15(11-22-17)19(27)23-21/h3-7,10-11,14H,8-9,12-13,21H2,1-2H3,(H,23,27)/t14-/m0/s1. The van der Waals surface area contributed by atoms with E-state index in [1.165, 1.54) is 14.8 Å². The Bertz CT molecular complexity index is 1000. The number of benzene rings is 1. The summed E-state index contributed by atoms with van der Waals surface area (Å²) in [5, 5.41) is 0.433. The molecule has 0 saturated carbocycles. The number of carbonyl (C=O) groups is 1. The molecular weight excluding hydrogens is 428 g/mol. The minimum absolute atomic E-state index is 0.00603. The molecule has 162 valence electrons. The first-order valence-electron chi connectivity index (χ1n) is 9.42. The number of pyridine rings is 1.